The molecular weight excluding hydrogens is 1410 g/mol. The first-order valence-electron chi connectivity index (χ1n) is 45.7. The number of hydrogen-bond acceptors (Lipinski definition) is 11. The third-order valence-corrected chi connectivity index (χ3v) is 31.3. The Balaban J connectivity index is -0.000000650. The molecule has 11 aliphatic carbocycles. The lowest BCUT2D eigenvalue weighted by Gasteiger charge is -2.37. The Labute approximate surface area is 712 Å². The molecule has 114 heavy (non-hydrogen) atoms. The van der Waals surface area contributed by atoms with Crippen LogP contribution in [0.3, 0.4) is 0 Å². The quantitative estimate of drug-likeness (QED) is 0.0540. The number of rotatable bonds is 30. The second kappa shape index (κ2) is 57.6. The van der Waals surface area contributed by atoms with E-state index >= 15 is 0 Å². The largest absolute Gasteiger partial charge is 0.459 e. The van der Waals surface area contributed by atoms with Gasteiger partial charge in [-0.3, -0.25) is 24.0 Å². The molecular formula is C103H204O11. The fraction of sp³-hybridized carbons (Fsp3) is 0.951. The average molecular weight is 1620 g/mol. The molecule has 19 atom stereocenters. The summed E-state index contributed by atoms with van der Waals surface area (Å²) in [6.07, 6.45) is 55.5. The van der Waals surface area contributed by atoms with Gasteiger partial charge in [0, 0.05) is 19.3 Å². The van der Waals surface area contributed by atoms with Crippen LogP contribution in [-0.4, -0.2) is 69.1 Å². The lowest BCUT2D eigenvalue weighted by atomic mass is 9.82. The van der Waals surface area contributed by atoms with Gasteiger partial charge in [0.15, 0.2) is 0 Å². The zero-order valence-corrected chi connectivity index (χ0v) is 70.3. The molecule has 0 aromatic heterocycles. The second-order valence-electron chi connectivity index (χ2n) is 37.4. The molecule has 11 saturated carbocycles. The van der Waals surface area contributed by atoms with Crippen LogP contribution < -0.4 is 0 Å². The summed E-state index contributed by atoms with van der Waals surface area (Å²) in [5.41, 5.74) is -0.713. The van der Waals surface area contributed by atoms with E-state index in [9.17, 15) is 29.1 Å². The van der Waals surface area contributed by atoms with Crippen molar-refractivity contribution >= 4 is 29.8 Å². The van der Waals surface area contributed by atoms with Crippen molar-refractivity contribution in [1.82, 2.24) is 0 Å². The molecule has 0 saturated heterocycles. The minimum Gasteiger partial charge on any atom is -0.459 e. The van der Waals surface area contributed by atoms with Gasteiger partial charge in [-0.1, -0.05) is 242 Å². The SMILES string of the molecule is C.C.C.C.C.C.C.C.C.C.CCC1CC(CC)C(C(=O)OC2(CC)CCCC2)C1.CCC1CC(CC)C(C(O)CC(=O)OC2(CC)CCCC2)C1.CCC1CC(CC)C(CC(=O)OC2(CC)CC3CCC2C3)C1.CCC1CC(CC)C(CC(=O)OC2(CC)CCCCC2)C1.CCC1CC(CC)C(CCC(=O)OC2(C)CCCC2)C1. The van der Waals surface area contributed by atoms with Crippen molar-refractivity contribution in [2.75, 3.05) is 0 Å². The predicted octanol–water partition coefficient (Wildman–Crippen LogP) is 31.5. The molecule has 0 spiro atoms. The van der Waals surface area contributed by atoms with Crippen molar-refractivity contribution in [2.24, 2.45) is 101 Å². The second-order valence-corrected chi connectivity index (χ2v) is 37.4. The molecule has 0 amide bonds. The highest BCUT2D eigenvalue weighted by atomic mass is 16.6. The molecule has 0 heterocycles. The van der Waals surface area contributed by atoms with Crippen molar-refractivity contribution in [3.63, 3.8) is 0 Å². The van der Waals surface area contributed by atoms with E-state index in [-0.39, 0.29) is 150 Å². The fourth-order valence-electron chi connectivity index (χ4n) is 23.8. The Hall–Kier alpha value is -2.69. The summed E-state index contributed by atoms with van der Waals surface area (Å²) >= 11 is 0. The van der Waals surface area contributed by atoms with Gasteiger partial charge in [0.25, 0.3) is 0 Å². The molecule has 0 radical (unpaired) electrons. The van der Waals surface area contributed by atoms with Gasteiger partial charge in [-0.25, -0.2) is 0 Å². The maximum atomic E-state index is 12.6. The molecule has 0 aromatic carbocycles. The molecule has 11 rings (SSSR count). The molecule has 11 aliphatic rings. The Kier molecular flexibility index (Phi) is 59.4. The van der Waals surface area contributed by atoms with Gasteiger partial charge < -0.3 is 28.8 Å². The number of aliphatic hydroxyl groups is 1. The number of hydrogen-bond donors (Lipinski definition) is 1. The topological polar surface area (TPSA) is 152 Å². The number of ether oxygens (including phenoxy) is 5. The fourth-order valence-corrected chi connectivity index (χ4v) is 23.8. The van der Waals surface area contributed by atoms with Crippen LogP contribution in [0.4, 0.5) is 0 Å². The average Bonchev–Trinajstić information content (AvgIpc) is 1.61. The normalized spacial score (nSPS) is 31.8. The van der Waals surface area contributed by atoms with Crippen LogP contribution in [0.1, 0.15) is 499 Å². The van der Waals surface area contributed by atoms with Gasteiger partial charge in [-0.15, -0.1) is 0 Å². The van der Waals surface area contributed by atoms with E-state index in [0.29, 0.717) is 48.9 Å². The van der Waals surface area contributed by atoms with Gasteiger partial charge >= 0.3 is 29.8 Å². The Bertz CT molecular complexity index is 2500. The van der Waals surface area contributed by atoms with Crippen molar-refractivity contribution in [3.8, 4) is 0 Å². The van der Waals surface area contributed by atoms with Gasteiger partial charge in [-0.2, -0.15) is 0 Å². The Morgan fingerprint density at radius 1 is 0.342 bits per heavy atom. The van der Waals surface area contributed by atoms with E-state index in [1.807, 2.05) is 0 Å². The standard InChI is InChI=1S/C20H34O2.C19H34O3.C19H34O2.C18H32O2.C17H30O2.10CH4/c1-4-14-9-16(5-2)17(10-14)12-19(21)22-20(6-3)13-15-7-8-18(20)11-15;1-4-14-11-15(5-2)16(12-14)17(20)13-18(21)22-19(6-3)9-7-8-10-19;1-4-15-12-16(5-2)17(13-15)14-18(20)21-19(6-3)10-8-7-9-11-19;1-4-14-12-15(5-2)16(13-14)8-9-17(19)20-18(3)10-6-7-11-18;1-4-13-11-14(5-2)15(12-13)16(18)19-17(6-3)9-7-8-10-17;;;;;;;;;;/h14-18H,4-13H2,1-3H3;14-17,20H,4-13H2,1-3H3;15-17H,4-14H2,1-3H3;14-16H,4-13H2,1-3H3;13-15H,4-12H2,1-3H3;10*1H4. The lowest BCUT2D eigenvalue weighted by Crippen LogP contribution is -2.40. The number of carbonyl (C=O) groups is 5. The molecule has 0 aliphatic heterocycles. The summed E-state index contributed by atoms with van der Waals surface area (Å²) in [6.45, 7) is 33.4. The highest BCUT2D eigenvalue weighted by Crippen LogP contribution is 2.55. The van der Waals surface area contributed by atoms with Crippen molar-refractivity contribution in [2.45, 2.75) is 533 Å². The maximum Gasteiger partial charge on any atom is 0.309 e. The zero-order chi connectivity index (χ0) is 75.7. The maximum absolute atomic E-state index is 12.6. The van der Waals surface area contributed by atoms with E-state index in [4.69, 9.17) is 23.7 Å². The van der Waals surface area contributed by atoms with E-state index in [0.717, 1.165) is 188 Å². The van der Waals surface area contributed by atoms with Gasteiger partial charge in [0.1, 0.15) is 28.0 Å². The molecule has 19 unspecified atom stereocenters. The summed E-state index contributed by atoms with van der Waals surface area (Å²) in [4.78, 5) is 62.0. The molecule has 682 valence electrons. The molecule has 0 aromatic rings. The summed E-state index contributed by atoms with van der Waals surface area (Å²) < 4.78 is 29.7. The van der Waals surface area contributed by atoms with Crippen molar-refractivity contribution < 1.29 is 52.8 Å². The van der Waals surface area contributed by atoms with Crippen LogP contribution in [0.5, 0.6) is 0 Å². The Morgan fingerprint density at radius 2 is 0.702 bits per heavy atom. The van der Waals surface area contributed by atoms with Crippen molar-refractivity contribution in [1.29, 1.82) is 0 Å². The number of aliphatic hydroxyl groups excluding tert-OH is 1. The third-order valence-electron chi connectivity index (χ3n) is 31.3. The minimum absolute atomic E-state index is 0. The first-order chi connectivity index (χ1) is 49.9. The van der Waals surface area contributed by atoms with E-state index in [1.165, 1.54) is 167 Å². The van der Waals surface area contributed by atoms with E-state index < -0.39 is 6.10 Å². The van der Waals surface area contributed by atoms with Crippen LogP contribution in [0.15, 0.2) is 0 Å². The van der Waals surface area contributed by atoms with Crippen LogP contribution in [0.25, 0.3) is 0 Å². The first kappa shape index (κ1) is 118. The van der Waals surface area contributed by atoms with Gasteiger partial charge in [0.2, 0.25) is 0 Å². The number of carbonyl (C=O) groups excluding carboxylic acids is 5. The smallest absolute Gasteiger partial charge is 0.309 e. The van der Waals surface area contributed by atoms with Crippen LogP contribution in [0, 0.1) is 101 Å². The van der Waals surface area contributed by atoms with Crippen molar-refractivity contribution in [3.05, 3.63) is 0 Å². The van der Waals surface area contributed by atoms with Gasteiger partial charge in [-0.05, 0) is 326 Å². The predicted molar refractivity (Wildman–Crippen MR) is 493 cm³/mol. The van der Waals surface area contributed by atoms with Crippen LogP contribution in [0.2, 0.25) is 0 Å². The van der Waals surface area contributed by atoms with Crippen LogP contribution >= 0.6 is 0 Å². The zero-order valence-electron chi connectivity index (χ0n) is 70.3. The molecule has 11 fully saturated rings. The highest BCUT2D eigenvalue weighted by Gasteiger charge is 2.53. The monoisotopic (exact) mass is 1620 g/mol. The molecule has 2 bridgehead atoms. The highest BCUT2D eigenvalue weighted by molar-refractivity contribution is 5.74. The first-order valence-corrected chi connectivity index (χ1v) is 45.7. The summed E-state index contributed by atoms with van der Waals surface area (Å²) in [6, 6.07) is 0. The number of esters is 5. The summed E-state index contributed by atoms with van der Waals surface area (Å²) in [5.74, 6) is 11.5. The summed E-state index contributed by atoms with van der Waals surface area (Å²) in [7, 11) is 0. The summed E-state index contributed by atoms with van der Waals surface area (Å²) in [5, 5.41) is 10.6. The third kappa shape index (κ3) is 33.3. The van der Waals surface area contributed by atoms with Gasteiger partial charge in [0.05, 0.1) is 18.4 Å². The molecule has 11 heteroatoms. The number of fused-ring (bicyclic) bond motifs is 2. The lowest BCUT2D eigenvalue weighted by molar-refractivity contribution is -0.168. The molecule has 11 nitrogen and oxygen atoms in total. The van der Waals surface area contributed by atoms with Crippen LogP contribution in [-0.2, 0) is 47.7 Å². The van der Waals surface area contributed by atoms with E-state index in [1.54, 1.807) is 0 Å². The van der Waals surface area contributed by atoms with E-state index in [2.05, 4.69) is 104 Å². The molecule has 1 N–H and O–H groups in total. The Morgan fingerprint density at radius 3 is 1.11 bits per heavy atom. The minimum atomic E-state index is -0.524.